The molecule has 8 nitrogen and oxygen atoms in total. The number of rotatable bonds is 3. The van der Waals surface area contributed by atoms with Crippen LogP contribution in [0.2, 0.25) is 0 Å². The molecule has 2 amide bonds. The Labute approximate surface area is 114 Å². The van der Waals surface area contributed by atoms with Crippen molar-refractivity contribution in [2.75, 3.05) is 18.1 Å². The summed E-state index contributed by atoms with van der Waals surface area (Å²) in [5.74, 6) is -0.552. The molecule has 1 aromatic rings. The highest BCUT2D eigenvalue weighted by Gasteiger charge is 2.31. The summed E-state index contributed by atoms with van der Waals surface area (Å²) in [6.07, 6.45) is 0.644. The molecule has 0 bridgehead atoms. The number of nitrogen functional groups attached to an aromatic ring is 1. The van der Waals surface area contributed by atoms with Crippen molar-refractivity contribution in [3.05, 3.63) is 28.3 Å². The Morgan fingerprint density at radius 2 is 2.15 bits per heavy atom. The number of carbonyl (C=O) groups is 2. The molecule has 8 heteroatoms. The molecule has 2 rings (SSSR count). The lowest BCUT2D eigenvalue weighted by Crippen LogP contribution is -2.48. The van der Waals surface area contributed by atoms with Crippen LogP contribution in [0, 0.1) is 10.1 Å². The molecule has 0 aromatic heterocycles. The Bertz CT molecular complexity index is 587. The van der Waals surface area contributed by atoms with Crippen LogP contribution in [0.4, 0.5) is 17.1 Å². The molecule has 106 valence electrons. The third-order valence-electron chi connectivity index (χ3n) is 3.23. The van der Waals surface area contributed by atoms with Gasteiger partial charge >= 0.3 is 0 Å². The van der Waals surface area contributed by atoms with Crippen LogP contribution in [0.25, 0.3) is 0 Å². The first-order valence-electron chi connectivity index (χ1n) is 6.01. The third-order valence-corrected chi connectivity index (χ3v) is 3.23. The van der Waals surface area contributed by atoms with Gasteiger partial charge in [0.05, 0.1) is 16.3 Å². The number of nitro benzene ring substituents is 1. The molecule has 1 aromatic carbocycles. The van der Waals surface area contributed by atoms with Crippen molar-refractivity contribution in [3.8, 4) is 0 Å². The van der Waals surface area contributed by atoms with Gasteiger partial charge in [-0.05, 0) is 12.5 Å². The van der Waals surface area contributed by atoms with E-state index in [4.69, 9.17) is 5.73 Å². The second-order valence-electron chi connectivity index (χ2n) is 4.56. The molecule has 1 atom stereocenters. The van der Waals surface area contributed by atoms with Crippen LogP contribution in [0.15, 0.2) is 18.2 Å². The summed E-state index contributed by atoms with van der Waals surface area (Å²) in [5, 5.41) is 13.5. The standard InChI is InChI=1S/C12H14N4O4/c1-15-11(17)5-4-10(12(15)18)14-9-3-2-7(16(19)20)6-8(9)13/h2-3,6,10,14H,4-5,13H2,1H3. The molecule has 1 fully saturated rings. The van der Waals surface area contributed by atoms with Crippen molar-refractivity contribution in [1.82, 2.24) is 4.90 Å². The van der Waals surface area contributed by atoms with Gasteiger partial charge in [-0.1, -0.05) is 0 Å². The van der Waals surface area contributed by atoms with Crippen molar-refractivity contribution in [2.45, 2.75) is 18.9 Å². The summed E-state index contributed by atoms with van der Waals surface area (Å²) < 4.78 is 0. The van der Waals surface area contributed by atoms with Crippen LogP contribution in [-0.4, -0.2) is 34.7 Å². The minimum atomic E-state index is -0.554. The smallest absolute Gasteiger partial charge is 0.271 e. The van der Waals surface area contributed by atoms with E-state index in [1.165, 1.54) is 25.2 Å². The highest BCUT2D eigenvalue weighted by molar-refractivity contribution is 6.01. The Balaban J connectivity index is 2.16. The van der Waals surface area contributed by atoms with Crippen molar-refractivity contribution in [1.29, 1.82) is 0 Å². The van der Waals surface area contributed by atoms with Gasteiger partial charge in [-0.2, -0.15) is 0 Å². The molecule has 0 spiro atoms. The lowest BCUT2D eigenvalue weighted by atomic mass is 10.0. The Morgan fingerprint density at radius 1 is 1.45 bits per heavy atom. The number of imide groups is 1. The SMILES string of the molecule is CN1C(=O)CCC(Nc2ccc([N+](=O)[O-])cc2N)C1=O. The van der Waals surface area contributed by atoms with Gasteiger partial charge in [0.25, 0.3) is 11.6 Å². The summed E-state index contributed by atoms with van der Waals surface area (Å²) in [4.78, 5) is 34.4. The van der Waals surface area contributed by atoms with Gasteiger partial charge in [-0.3, -0.25) is 24.6 Å². The number of carbonyl (C=O) groups excluding carboxylic acids is 2. The monoisotopic (exact) mass is 278 g/mol. The number of hydrogen-bond acceptors (Lipinski definition) is 6. The van der Waals surface area contributed by atoms with Gasteiger partial charge in [0.15, 0.2) is 0 Å². The Kier molecular flexibility index (Phi) is 3.55. The average Bonchev–Trinajstić information content (AvgIpc) is 2.41. The molecule has 3 N–H and O–H groups in total. The fourth-order valence-corrected chi connectivity index (χ4v) is 2.03. The van der Waals surface area contributed by atoms with E-state index in [1.807, 2.05) is 0 Å². The molecule has 0 aliphatic carbocycles. The number of non-ortho nitro benzene ring substituents is 1. The summed E-state index contributed by atoms with van der Waals surface area (Å²) in [5.41, 5.74) is 6.24. The van der Waals surface area contributed by atoms with Gasteiger partial charge in [-0.15, -0.1) is 0 Å². The van der Waals surface area contributed by atoms with Gasteiger partial charge in [-0.25, -0.2) is 0 Å². The predicted octanol–water partition coefficient (Wildman–Crippen LogP) is 0.736. The van der Waals surface area contributed by atoms with Crippen LogP contribution in [-0.2, 0) is 9.59 Å². The van der Waals surface area contributed by atoms with E-state index in [-0.39, 0.29) is 29.6 Å². The van der Waals surface area contributed by atoms with Crippen LogP contribution >= 0.6 is 0 Å². The second-order valence-corrected chi connectivity index (χ2v) is 4.56. The number of piperidine rings is 1. The number of nitrogens with one attached hydrogen (secondary N) is 1. The summed E-state index contributed by atoms with van der Waals surface area (Å²) >= 11 is 0. The first-order chi connectivity index (χ1) is 9.40. The normalized spacial score (nSPS) is 19.1. The van der Waals surface area contributed by atoms with Crippen molar-refractivity contribution < 1.29 is 14.5 Å². The molecule has 20 heavy (non-hydrogen) atoms. The maximum Gasteiger partial charge on any atom is 0.271 e. The van der Waals surface area contributed by atoms with Crippen LogP contribution in [0.3, 0.4) is 0 Å². The number of hydrogen-bond donors (Lipinski definition) is 2. The van der Waals surface area contributed by atoms with E-state index in [0.717, 1.165) is 4.90 Å². The lowest BCUT2D eigenvalue weighted by molar-refractivity contribution is -0.384. The van der Waals surface area contributed by atoms with Crippen LogP contribution in [0.5, 0.6) is 0 Å². The molecule has 1 unspecified atom stereocenters. The molecule has 0 radical (unpaired) electrons. The molecule has 0 saturated carbocycles. The van der Waals surface area contributed by atoms with Crippen molar-refractivity contribution >= 4 is 28.9 Å². The minimum absolute atomic E-state index is 0.115. The summed E-state index contributed by atoms with van der Waals surface area (Å²) in [6.45, 7) is 0. The highest BCUT2D eigenvalue weighted by Crippen LogP contribution is 2.26. The number of nitro groups is 1. The molecule has 1 saturated heterocycles. The van der Waals surface area contributed by atoms with Crippen molar-refractivity contribution in [2.24, 2.45) is 0 Å². The van der Waals surface area contributed by atoms with Crippen LogP contribution < -0.4 is 11.1 Å². The second kappa shape index (κ2) is 5.16. The first kappa shape index (κ1) is 13.8. The number of likely N-dealkylation sites (tertiary alicyclic amines) is 1. The number of amides is 2. The van der Waals surface area contributed by atoms with Gasteiger partial charge in [0, 0.05) is 25.6 Å². The van der Waals surface area contributed by atoms with Gasteiger partial charge < -0.3 is 11.1 Å². The van der Waals surface area contributed by atoms with Gasteiger partial charge in [0.1, 0.15) is 6.04 Å². The van der Waals surface area contributed by atoms with Gasteiger partial charge in [0.2, 0.25) is 5.91 Å². The minimum Gasteiger partial charge on any atom is -0.397 e. The molecule has 1 aliphatic heterocycles. The zero-order valence-electron chi connectivity index (χ0n) is 10.8. The zero-order chi connectivity index (χ0) is 14.9. The number of anilines is 2. The topological polar surface area (TPSA) is 119 Å². The van der Waals surface area contributed by atoms with E-state index in [0.29, 0.717) is 12.1 Å². The fraction of sp³-hybridized carbons (Fsp3) is 0.333. The molecular formula is C12H14N4O4. The highest BCUT2D eigenvalue weighted by atomic mass is 16.6. The van der Waals surface area contributed by atoms with Crippen LogP contribution in [0.1, 0.15) is 12.8 Å². The number of nitrogens with two attached hydrogens (primary N) is 1. The number of likely N-dealkylation sites (N-methyl/N-ethyl adjacent to an activating group) is 1. The predicted molar refractivity (Wildman–Crippen MR) is 71.9 cm³/mol. The maximum absolute atomic E-state index is 11.9. The largest absolute Gasteiger partial charge is 0.397 e. The summed E-state index contributed by atoms with van der Waals surface area (Å²) in [7, 11) is 1.43. The van der Waals surface area contributed by atoms with E-state index >= 15 is 0 Å². The van der Waals surface area contributed by atoms with E-state index < -0.39 is 11.0 Å². The first-order valence-corrected chi connectivity index (χ1v) is 6.01. The maximum atomic E-state index is 11.9. The van der Waals surface area contributed by atoms with E-state index in [1.54, 1.807) is 0 Å². The zero-order valence-corrected chi connectivity index (χ0v) is 10.8. The van der Waals surface area contributed by atoms with Crippen molar-refractivity contribution in [3.63, 3.8) is 0 Å². The molecular weight excluding hydrogens is 264 g/mol. The molecule has 1 aliphatic rings. The summed E-state index contributed by atoms with van der Waals surface area (Å²) in [6, 6.07) is 3.43. The van der Waals surface area contributed by atoms with E-state index in [9.17, 15) is 19.7 Å². The Hall–Kier alpha value is -2.64. The lowest BCUT2D eigenvalue weighted by Gasteiger charge is -2.29. The Morgan fingerprint density at radius 3 is 2.75 bits per heavy atom. The fourth-order valence-electron chi connectivity index (χ4n) is 2.03. The van der Waals surface area contributed by atoms with E-state index in [2.05, 4.69) is 5.32 Å². The number of benzene rings is 1. The average molecular weight is 278 g/mol. The third kappa shape index (κ3) is 2.53. The molecule has 1 heterocycles. The quantitative estimate of drug-likeness (QED) is 0.364. The number of nitrogens with zero attached hydrogens (tertiary/aromatic N) is 2.